The van der Waals surface area contributed by atoms with E-state index in [9.17, 15) is 4.79 Å². The Balaban J connectivity index is 2.94. The van der Waals surface area contributed by atoms with E-state index < -0.39 is 17.9 Å². The number of carboxylic acids is 1. The molecule has 0 aliphatic carbocycles. The lowest BCUT2D eigenvalue weighted by Crippen LogP contribution is -2.32. The van der Waals surface area contributed by atoms with Gasteiger partial charge in [0.2, 0.25) is 0 Å². The first kappa shape index (κ1) is 12.7. The standard InChI is InChI=1S/C13H19NO2/c1-8(2)11(13(15)16)12(14)10-6-4-9(3)5-7-10/h4-8,11-12H,14H2,1-3H3,(H,15,16). The van der Waals surface area contributed by atoms with Crippen molar-refractivity contribution in [1.29, 1.82) is 0 Å². The van der Waals surface area contributed by atoms with Gasteiger partial charge >= 0.3 is 5.97 Å². The summed E-state index contributed by atoms with van der Waals surface area (Å²) in [7, 11) is 0. The monoisotopic (exact) mass is 221 g/mol. The zero-order valence-electron chi connectivity index (χ0n) is 9.97. The van der Waals surface area contributed by atoms with Crippen LogP contribution < -0.4 is 5.73 Å². The molecule has 2 atom stereocenters. The highest BCUT2D eigenvalue weighted by atomic mass is 16.4. The highest BCUT2D eigenvalue weighted by Gasteiger charge is 2.29. The van der Waals surface area contributed by atoms with Crippen LogP contribution in [0.5, 0.6) is 0 Å². The summed E-state index contributed by atoms with van der Waals surface area (Å²) in [6.45, 7) is 5.76. The zero-order chi connectivity index (χ0) is 12.3. The number of rotatable bonds is 4. The number of aliphatic carboxylic acids is 1. The fraction of sp³-hybridized carbons (Fsp3) is 0.462. The van der Waals surface area contributed by atoms with Crippen LogP contribution in [0.2, 0.25) is 0 Å². The largest absolute Gasteiger partial charge is 0.481 e. The van der Waals surface area contributed by atoms with E-state index in [4.69, 9.17) is 10.8 Å². The van der Waals surface area contributed by atoms with Crippen LogP contribution in [-0.2, 0) is 4.79 Å². The van der Waals surface area contributed by atoms with Gasteiger partial charge in [-0.1, -0.05) is 43.7 Å². The van der Waals surface area contributed by atoms with Crippen molar-refractivity contribution in [2.24, 2.45) is 17.6 Å². The number of carboxylic acid groups (broad SMARTS) is 1. The van der Waals surface area contributed by atoms with E-state index in [1.54, 1.807) is 0 Å². The molecule has 0 radical (unpaired) electrons. The summed E-state index contributed by atoms with van der Waals surface area (Å²) in [6.07, 6.45) is 0. The van der Waals surface area contributed by atoms with Crippen molar-refractivity contribution in [3.05, 3.63) is 35.4 Å². The Hall–Kier alpha value is -1.35. The maximum Gasteiger partial charge on any atom is 0.308 e. The molecule has 1 aromatic rings. The molecule has 2 unspecified atom stereocenters. The predicted molar refractivity (Wildman–Crippen MR) is 64.1 cm³/mol. The van der Waals surface area contributed by atoms with E-state index in [2.05, 4.69) is 0 Å². The molecule has 0 spiro atoms. The van der Waals surface area contributed by atoms with Crippen LogP contribution in [0.15, 0.2) is 24.3 Å². The van der Waals surface area contributed by atoms with E-state index in [-0.39, 0.29) is 5.92 Å². The lowest BCUT2D eigenvalue weighted by atomic mass is 9.85. The Morgan fingerprint density at radius 3 is 2.12 bits per heavy atom. The molecular weight excluding hydrogens is 202 g/mol. The minimum Gasteiger partial charge on any atom is -0.481 e. The lowest BCUT2D eigenvalue weighted by Gasteiger charge is -2.23. The van der Waals surface area contributed by atoms with Crippen molar-refractivity contribution in [2.45, 2.75) is 26.8 Å². The van der Waals surface area contributed by atoms with Gasteiger partial charge in [-0.25, -0.2) is 0 Å². The molecule has 0 aliphatic rings. The van der Waals surface area contributed by atoms with Crippen LogP contribution in [0, 0.1) is 18.8 Å². The normalized spacial score (nSPS) is 14.8. The van der Waals surface area contributed by atoms with E-state index in [1.807, 2.05) is 45.0 Å². The van der Waals surface area contributed by atoms with Crippen LogP contribution in [0.3, 0.4) is 0 Å². The molecule has 1 aromatic carbocycles. The summed E-state index contributed by atoms with van der Waals surface area (Å²) in [5.74, 6) is -1.35. The molecule has 3 heteroatoms. The highest BCUT2D eigenvalue weighted by molar-refractivity contribution is 5.71. The zero-order valence-corrected chi connectivity index (χ0v) is 9.97. The van der Waals surface area contributed by atoms with Gasteiger partial charge in [0.1, 0.15) is 0 Å². The average molecular weight is 221 g/mol. The number of aryl methyl sites for hydroxylation is 1. The minimum atomic E-state index is -0.830. The summed E-state index contributed by atoms with van der Waals surface area (Å²) < 4.78 is 0. The summed E-state index contributed by atoms with van der Waals surface area (Å²) in [4.78, 5) is 11.1. The van der Waals surface area contributed by atoms with E-state index in [0.717, 1.165) is 11.1 Å². The van der Waals surface area contributed by atoms with Gasteiger partial charge in [-0.3, -0.25) is 4.79 Å². The minimum absolute atomic E-state index is 0.0220. The first-order chi connectivity index (χ1) is 7.43. The second-order valence-corrected chi connectivity index (χ2v) is 4.54. The van der Waals surface area contributed by atoms with Crippen molar-refractivity contribution in [1.82, 2.24) is 0 Å². The summed E-state index contributed by atoms with van der Waals surface area (Å²) >= 11 is 0. The Bertz CT molecular complexity index is 357. The van der Waals surface area contributed by atoms with Crippen molar-refractivity contribution < 1.29 is 9.90 Å². The Kier molecular flexibility index (Phi) is 4.07. The molecule has 88 valence electrons. The number of nitrogens with two attached hydrogens (primary N) is 1. The fourth-order valence-electron chi connectivity index (χ4n) is 1.85. The maximum absolute atomic E-state index is 11.1. The van der Waals surface area contributed by atoms with Crippen molar-refractivity contribution in [3.63, 3.8) is 0 Å². The second-order valence-electron chi connectivity index (χ2n) is 4.54. The van der Waals surface area contributed by atoms with Crippen LogP contribution in [0.4, 0.5) is 0 Å². The Morgan fingerprint density at radius 1 is 1.25 bits per heavy atom. The molecule has 16 heavy (non-hydrogen) atoms. The van der Waals surface area contributed by atoms with E-state index in [0.29, 0.717) is 0 Å². The van der Waals surface area contributed by atoms with Gasteiger partial charge in [-0.05, 0) is 18.4 Å². The Labute approximate surface area is 96.3 Å². The fourth-order valence-corrected chi connectivity index (χ4v) is 1.85. The molecule has 3 N–H and O–H groups in total. The van der Waals surface area contributed by atoms with Gasteiger partial charge in [0.15, 0.2) is 0 Å². The third-order valence-corrected chi connectivity index (χ3v) is 2.85. The molecule has 0 fully saturated rings. The molecule has 0 saturated heterocycles. The number of hydrogen-bond acceptors (Lipinski definition) is 2. The quantitative estimate of drug-likeness (QED) is 0.820. The first-order valence-corrected chi connectivity index (χ1v) is 5.48. The topological polar surface area (TPSA) is 63.3 Å². The number of hydrogen-bond donors (Lipinski definition) is 2. The van der Waals surface area contributed by atoms with Crippen molar-refractivity contribution in [2.75, 3.05) is 0 Å². The first-order valence-electron chi connectivity index (χ1n) is 5.48. The van der Waals surface area contributed by atoms with Crippen LogP contribution in [-0.4, -0.2) is 11.1 Å². The Morgan fingerprint density at radius 2 is 1.75 bits per heavy atom. The van der Waals surface area contributed by atoms with Crippen molar-refractivity contribution >= 4 is 5.97 Å². The second kappa shape index (κ2) is 5.12. The van der Waals surface area contributed by atoms with Crippen LogP contribution in [0.25, 0.3) is 0 Å². The van der Waals surface area contributed by atoms with E-state index >= 15 is 0 Å². The number of carbonyl (C=O) groups is 1. The van der Waals surface area contributed by atoms with Crippen molar-refractivity contribution in [3.8, 4) is 0 Å². The molecule has 1 rings (SSSR count). The molecule has 0 bridgehead atoms. The average Bonchev–Trinajstić information content (AvgIpc) is 2.17. The molecule has 0 aliphatic heterocycles. The molecule has 3 nitrogen and oxygen atoms in total. The molecular formula is C13H19NO2. The summed E-state index contributed by atoms with van der Waals surface area (Å²) in [5, 5.41) is 9.15. The van der Waals surface area contributed by atoms with E-state index in [1.165, 1.54) is 0 Å². The van der Waals surface area contributed by atoms with Gasteiger partial charge in [-0.15, -0.1) is 0 Å². The third kappa shape index (κ3) is 2.83. The van der Waals surface area contributed by atoms with Gasteiger partial charge in [-0.2, -0.15) is 0 Å². The van der Waals surface area contributed by atoms with Gasteiger partial charge < -0.3 is 10.8 Å². The van der Waals surface area contributed by atoms with Gasteiger partial charge in [0.05, 0.1) is 5.92 Å². The SMILES string of the molecule is Cc1ccc(C(N)C(C(=O)O)C(C)C)cc1. The molecule has 0 saturated carbocycles. The van der Waals surface area contributed by atoms with Gasteiger partial charge in [0.25, 0.3) is 0 Å². The molecule has 0 aromatic heterocycles. The smallest absolute Gasteiger partial charge is 0.308 e. The molecule has 0 heterocycles. The molecule has 0 amide bonds. The predicted octanol–water partition coefficient (Wildman–Crippen LogP) is 2.35. The van der Waals surface area contributed by atoms with Crippen LogP contribution >= 0.6 is 0 Å². The summed E-state index contributed by atoms with van der Waals surface area (Å²) in [6, 6.07) is 7.26. The van der Waals surface area contributed by atoms with Crippen LogP contribution in [0.1, 0.15) is 31.0 Å². The lowest BCUT2D eigenvalue weighted by molar-refractivity contribution is -0.144. The third-order valence-electron chi connectivity index (χ3n) is 2.85. The van der Waals surface area contributed by atoms with Gasteiger partial charge in [0, 0.05) is 6.04 Å². The number of benzene rings is 1. The summed E-state index contributed by atoms with van der Waals surface area (Å²) in [5.41, 5.74) is 8.04. The maximum atomic E-state index is 11.1. The highest BCUT2D eigenvalue weighted by Crippen LogP contribution is 2.26.